The van der Waals surface area contributed by atoms with Crippen molar-refractivity contribution in [3.05, 3.63) is 69.7 Å². The van der Waals surface area contributed by atoms with Crippen LogP contribution in [0, 0.1) is 13.8 Å². The Balaban J connectivity index is 1.44. The number of aromatic nitrogens is 2. The Bertz CT molecular complexity index is 1010. The first-order chi connectivity index (χ1) is 13.6. The number of thiophene rings is 1. The fourth-order valence-corrected chi connectivity index (χ4v) is 4.01. The third kappa shape index (κ3) is 3.94. The molecule has 0 radical (unpaired) electrons. The SMILES string of the molecule is Cc1cc(C)n(C(CNC(=O)/C=C/c2ccc3c(c2)OCO3)c2cccs2)n1. The van der Waals surface area contributed by atoms with Gasteiger partial charge in [0.05, 0.1) is 5.69 Å². The van der Waals surface area contributed by atoms with Gasteiger partial charge in [-0.15, -0.1) is 11.3 Å². The van der Waals surface area contributed by atoms with Crippen LogP contribution in [0.1, 0.15) is 27.9 Å². The number of rotatable bonds is 6. The number of benzene rings is 1. The van der Waals surface area contributed by atoms with Gasteiger partial charge >= 0.3 is 0 Å². The summed E-state index contributed by atoms with van der Waals surface area (Å²) in [5, 5.41) is 9.63. The van der Waals surface area contributed by atoms with Crippen LogP contribution in [0.15, 0.2) is 47.9 Å². The van der Waals surface area contributed by atoms with E-state index < -0.39 is 0 Å². The summed E-state index contributed by atoms with van der Waals surface area (Å²) in [6.45, 7) is 4.70. The molecular weight excluding hydrogens is 374 g/mol. The zero-order valence-electron chi connectivity index (χ0n) is 15.7. The van der Waals surface area contributed by atoms with Crippen LogP contribution in [0.4, 0.5) is 0 Å². The molecule has 4 rings (SSSR count). The summed E-state index contributed by atoms with van der Waals surface area (Å²) in [4.78, 5) is 13.5. The molecule has 1 aliphatic rings. The normalized spacial score (nSPS) is 13.8. The first-order valence-corrected chi connectivity index (χ1v) is 9.90. The van der Waals surface area contributed by atoms with E-state index in [0.29, 0.717) is 12.3 Å². The summed E-state index contributed by atoms with van der Waals surface area (Å²) in [6, 6.07) is 11.7. The van der Waals surface area contributed by atoms with Crippen LogP contribution in [-0.2, 0) is 4.79 Å². The lowest BCUT2D eigenvalue weighted by molar-refractivity contribution is -0.116. The summed E-state index contributed by atoms with van der Waals surface area (Å²) in [5.74, 6) is 1.27. The van der Waals surface area contributed by atoms with Gasteiger partial charge in [0.15, 0.2) is 11.5 Å². The van der Waals surface area contributed by atoms with Crippen molar-refractivity contribution >= 4 is 23.3 Å². The average Bonchev–Trinajstić information content (AvgIpc) is 3.42. The second-order valence-corrected chi connectivity index (χ2v) is 7.57. The van der Waals surface area contributed by atoms with Crippen molar-refractivity contribution in [2.24, 2.45) is 0 Å². The molecule has 0 fully saturated rings. The van der Waals surface area contributed by atoms with Gasteiger partial charge in [-0.1, -0.05) is 12.1 Å². The molecule has 0 saturated heterocycles. The third-order valence-electron chi connectivity index (χ3n) is 4.50. The molecule has 2 aromatic heterocycles. The van der Waals surface area contributed by atoms with Crippen molar-refractivity contribution in [3.8, 4) is 11.5 Å². The largest absolute Gasteiger partial charge is 0.454 e. The molecule has 7 heteroatoms. The first kappa shape index (κ1) is 18.3. The molecule has 6 nitrogen and oxygen atoms in total. The monoisotopic (exact) mass is 395 g/mol. The Morgan fingerprint density at radius 1 is 1.29 bits per heavy atom. The number of amides is 1. The maximum atomic E-state index is 12.4. The van der Waals surface area contributed by atoms with Gasteiger partial charge in [-0.2, -0.15) is 5.10 Å². The van der Waals surface area contributed by atoms with E-state index in [2.05, 4.69) is 16.5 Å². The molecule has 1 N–H and O–H groups in total. The van der Waals surface area contributed by atoms with Crippen LogP contribution in [0.3, 0.4) is 0 Å². The predicted octanol–water partition coefficient (Wildman–Crippen LogP) is 3.71. The number of aryl methyl sites for hydroxylation is 2. The molecule has 144 valence electrons. The molecule has 1 aromatic carbocycles. The Morgan fingerprint density at radius 3 is 2.89 bits per heavy atom. The second-order valence-electron chi connectivity index (χ2n) is 6.59. The van der Waals surface area contributed by atoms with Crippen molar-refractivity contribution in [2.45, 2.75) is 19.9 Å². The van der Waals surface area contributed by atoms with E-state index in [1.807, 2.05) is 54.2 Å². The van der Waals surface area contributed by atoms with E-state index in [-0.39, 0.29) is 18.7 Å². The molecule has 1 amide bonds. The zero-order valence-corrected chi connectivity index (χ0v) is 16.5. The Morgan fingerprint density at radius 2 is 2.14 bits per heavy atom. The molecular formula is C21H21N3O3S. The molecule has 1 unspecified atom stereocenters. The molecule has 28 heavy (non-hydrogen) atoms. The highest BCUT2D eigenvalue weighted by Crippen LogP contribution is 2.32. The van der Waals surface area contributed by atoms with E-state index in [4.69, 9.17) is 9.47 Å². The molecule has 3 heterocycles. The average molecular weight is 395 g/mol. The summed E-state index contributed by atoms with van der Waals surface area (Å²) >= 11 is 1.66. The number of carbonyl (C=O) groups excluding carboxylic acids is 1. The highest BCUT2D eigenvalue weighted by atomic mass is 32.1. The number of hydrogen-bond acceptors (Lipinski definition) is 5. The van der Waals surface area contributed by atoms with Crippen LogP contribution >= 0.6 is 11.3 Å². The minimum atomic E-state index is -0.152. The topological polar surface area (TPSA) is 65.4 Å². The third-order valence-corrected chi connectivity index (χ3v) is 5.48. The molecule has 1 atom stereocenters. The lowest BCUT2D eigenvalue weighted by Crippen LogP contribution is -2.30. The Hall–Kier alpha value is -3.06. The van der Waals surface area contributed by atoms with Crippen LogP contribution < -0.4 is 14.8 Å². The van der Waals surface area contributed by atoms with E-state index >= 15 is 0 Å². The number of nitrogens with zero attached hydrogens (tertiary/aromatic N) is 2. The highest BCUT2D eigenvalue weighted by molar-refractivity contribution is 7.10. The predicted molar refractivity (Wildman–Crippen MR) is 109 cm³/mol. The summed E-state index contributed by atoms with van der Waals surface area (Å²) in [6.07, 6.45) is 3.30. The summed E-state index contributed by atoms with van der Waals surface area (Å²) in [7, 11) is 0. The molecule has 0 saturated carbocycles. The van der Waals surface area contributed by atoms with Gasteiger partial charge in [-0.25, -0.2) is 0 Å². The van der Waals surface area contributed by atoms with Crippen LogP contribution in [-0.4, -0.2) is 29.0 Å². The zero-order chi connectivity index (χ0) is 19.5. The first-order valence-electron chi connectivity index (χ1n) is 9.02. The molecule has 1 aliphatic heterocycles. The minimum absolute atomic E-state index is 0.0309. The van der Waals surface area contributed by atoms with Gasteiger partial charge in [-0.05, 0) is 55.1 Å². The van der Waals surface area contributed by atoms with E-state index in [9.17, 15) is 4.79 Å². The minimum Gasteiger partial charge on any atom is -0.454 e. The second kappa shape index (κ2) is 7.90. The van der Waals surface area contributed by atoms with Crippen LogP contribution in [0.2, 0.25) is 0 Å². The summed E-state index contributed by atoms with van der Waals surface area (Å²) in [5.41, 5.74) is 2.92. The lowest BCUT2D eigenvalue weighted by atomic mass is 10.2. The van der Waals surface area contributed by atoms with Gasteiger partial charge in [0.25, 0.3) is 0 Å². The van der Waals surface area contributed by atoms with Gasteiger partial charge in [0, 0.05) is 23.2 Å². The van der Waals surface area contributed by atoms with Crippen LogP contribution in [0.5, 0.6) is 11.5 Å². The molecule has 0 spiro atoms. The van der Waals surface area contributed by atoms with Crippen molar-refractivity contribution < 1.29 is 14.3 Å². The fraction of sp³-hybridized carbons (Fsp3) is 0.238. The molecule has 0 aliphatic carbocycles. The highest BCUT2D eigenvalue weighted by Gasteiger charge is 2.18. The van der Waals surface area contributed by atoms with Gasteiger partial charge in [-0.3, -0.25) is 9.48 Å². The van der Waals surface area contributed by atoms with Crippen molar-refractivity contribution in [1.29, 1.82) is 0 Å². The van der Waals surface area contributed by atoms with E-state index in [1.54, 1.807) is 17.4 Å². The molecule has 0 bridgehead atoms. The van der Waals surface area contributed by atoms with E-state index in [1.165, 1.54) is 6.08 Å². The number of fused-ring (bicyclic) bond motifs is 1. The lowest BCUT2D eigenvalue weighted by Gasteiger charge is -2.18. The smallest absolute Gasteiger partial charge is 0.244 e. The Kier molecular flexibility index (Phi) is 5.16. The maximum absolute atomic E-state index is 12.4. The number of ether oxygens (including phenoxy) is 2. The fourth-order valence-electron chi connectivity index (χ4n) is 3.19. The number of nitrogens with one attached hydrogen (secondary N) is 1. The quantitative estimate of drug-likeness (QED) is 0.646. The van der Waals surface area contributed by atoms with Crippen molar-refractivity contribution in [3.63, 3.8) is 0 Å². The van der Waals surface area contributed by atoms with Crippen molar-refractivity contribution in [1.82, 2.24) is 15.1 Å². The van der Waals surface area contributed by atoms with Gasteiger partial charge in [0.2, 0.25) is 12.7 Å². The standard InChI is InChI=1S/C21H21N3O3S/c1-14-10-15(2)24(23-14)17(20-4-3-9-28-20)12-22-21(25)8-6-16-5-7-18-19(11-16)27-13-26-18/h3-11,17H,12-13H2,1-2H3,(H,22,25)/b8-6+. The van der Waals surface area contributed by atoms with Gasteiger partial charge < -0.3 is 14.8 Å². The Labute approximate surface area is 167 Å². The number of carbonyl (C=O) groups is 1. The van der Waals surface area contributed by atoms with Gasteiger partial charge in [0.1, 0.15) is 6.04 Å². The van der Waals surface area contributed by atoms with E-state index in [0.717, 1.165) is 27.6 Å². The van der Waals surface area contributed by atoms with Crippen LogP contribution in [0.25, 0.3) is 6.08 Å². The number of hydrogen-bond donors (Lipinski definition) is 1. The molecule has 3 aromatic rings. The summed E-state index contributed by atoms with van der Waals surface area (Å²) < 4.78 is 12.6. The van der Waals surface area contributed by atoms with Crippen molar-refractivity contribution in [2.75, 3.05) is 13.3 Å². The maximum Gasteiger partial charge on any atom is 0.244 e.